The van der Waals surface area contributed by atoms with Crippen molar-refractivity contribution in [1.29, 1.82) is 0 Å². The standard InChI is InChI=1S/C23H22N2/c1-3-16-25(17-4-2)23-18-20-12-8-9-13-21(20)24-22(23)15-14-19-10-6-5-7-11-19/h3-15,18H,1-2,16-17H2. The van der Waals surface area contributed by atoms with E-state index in [9.17, 15) is 0 Å². The van der Waals surface area contributed by atoms with Crippen LogP contribution >= 0.6 is 0 Å². The Morgan fingerprint density at radius 2 is 1.52 bits per heavy atom. The monoisotopic (exact) mass is 326 g/mol. The van der Waals surface area contributed by atoms with Gasteiger partial charge in [0.25, 0.3) is 0 Å². The molecule has 0 saturated carbocycles. The van der Waals surface area contributed by atoms with Gasteiger partial charge in [0.15, 0.2) is 0 Å². The Morgan fingerprint density at radius 1 is 0.840 bits per heavy atom. The van der Waals surface area contributed by atoms with Crippen LogP contribution in [0, 0.1) is 0 Å². The van der Waals surface area contributed by atoms with Crippen LogP contribution in [-0.2, 0) is 0 Å². The second-order valence-electron chi connectivity index (χ2n) is 5.81. The lowest BCUT2D eigenvalue weighted by molar-refractivity contribution is 0.950. The van der Waals surface area contributed by atoms with E-state index >= 15 is 0 Å². The van der Waals surface area contributed by atoms with E-state index in [-0.39, 0.29) is 0 Å². The molecule has 1 aromatic heterocycles. The van der Waals surface area contributed by atoms with Crippen molar-refractivity contribution in [3.8, 4) is 0 Å². The molecular formula is C23H22N2. The molecule has 124 valence electrons. The summed E-state index contributed by atoms with van der Waals surface area (Å²) in [5, 5.41) is 1.13. The quantitative estimate of drug-likeness (QED) is 0.527. The van der Waals surface area contributed by atoms with Gasteiger partial charge < -0.3 is 4.90 Å². The summed E-state index contributed by atoms with van der Waals surface area (Å²) in [5.74, 6) is 0. The van der Waals surface area contributed by atoms with Crippen molar-refractivity contribution in [1.82, 2.24) is 4.98 Å². The molecular weight excluding hydrogens is 304 g/mol. The van der Waals surface area contributed by atoms with Crippen molar-refractivity contribution >= 4 is 28.7 Å². The van der Waals surface area contributed by atoms with Crippen molar-refractivity contribution in [2.75, 3.05) is 18.0 Å². The molecule has 0 atom stereocenters. The molecule has 0 aliphatic carbocycles. The average Bonchev–Trinajstić information content (AvgIpc) is 2.66. The molecule has 2 heteroatoms. The van der Waals surface area contributed by atoms with Gasteiger partial charge in [0.2, 0.25) is 0 Å². The Kier molecular flexibility index (Phi) is 5.43. The van der Waals surface area contributed by atoms with Gasteiger partial charge in [-0.15, -0.1) is 13.2 Å². The summed E-state index contributed by atoms with van der Waals surface area (Å²) in [4.78, 5) is 7.10. The first-order valence-electron chi connectivity index (χ1n) is 8.41. The zero-order chi connectivity index (χ0) is 17.5. The fourth-order valence-corrected chi connectivity index (χ4v) is 2.82. The molecule has 1 heterocycles. The Morgan fingerprint density at radius 3 is 2.24 bits per heavy atom. The van der Waals surface area contributed by atoms with Crippen LogP contribution in [0.5, 0.6) is 0 Å². The number of fused-ring (bicyclic) bond motifs is 1. The van der Waals surface area contributed by atoms with E-state index in [2.05, 4.69) is 54.5 Å². The predicted molar refractivity (Wildman–Crippen MR) is 110 cm³/mol. The molecule has 2 aromatic carbocycles. The van der Waals surface area contributed by atoms with Crippen molar-refractivity contribution in [3.05, 3.63) is 97.2 Å². The third-order valence-electron chi connectivity index (χ3n) is 4.01. The number of rotatable bonds is 7. The highest BCUT2D eigenvalue weighted by atomic mass is 15.1. The summed E-state index contributed by atoms with van der Waals surface area (Å²) in [6.07, 6.45) is 7.99. The average molecular weight is 326 g/mol. The van der Waals surface area contributed by atoms with Gasteiger partial charge in [-0.1, -0.05) is 66.8 Å². The molecule has 0 aliphatic rings. The van der Waals surface area contributed by atoms with Gasteiger partial charge in [-0.05, 0) is 23.8 Å². The maximum Gasteiger partial charge on any atom is 0.0871 e. The van der Waals surface area contributed by atoms with Crippen LogP contribution in [0.3, 0.4) is 0 Å². The van der Waals surface area contributed by atoms with Crippen molar-refractivity contribution in [2.45, 2.75) is 0 Å². The molecule has 0 amide bonds. The molecule has 0 fully saturated rings. The smallest absolute Gasteiger partial charge is 0.0871 e. The summed E-state index contributed by atoms with van der Waals surface area (Å²) < 4.78 is 0. The van der Waals surface area contributed by atoms with Gasteiger partial charge in [0.1, 0.15) is 0 Å². The SMILES string of the molecule is C=CCN(CC=C)c1cc2ccccc2nc1C=Cc1ccccc1. The van der Waals surface area contributed by atoms with Crippen LogP contribution in [0.2, 0.25) is 0 Å². The zero-order valence-corrected chi connectivity index (χ0v) is 14.3. The molecule has 0 unspecified atom stereocenters. The fraction of sp³-hybridized carbons (Fsp3) is 0.0870. The Hall–Kier alpha value is -3.13. The number of nitrogens with zero attached hydrogens (tertiary/aromatic N) is 2. The van der Waals surface area contributed by atoms with Crippen molar-refractivity contribution < 1.29 is 0 Å². The minimum atomic E-state index is 0.748. The van der Waals surface area contributed by atoms with Crippen LogP contribution in [0.25, 0.3) is 23.1 Å². The number of aromatic nitrogens is 1. The van der Waals surface area contributed by atoms with Crippen LogP contribution < -0.4 is 4.90 Å². The third-order valence-corrected chi connectivity index (χ3v) is 4.01. The fourth-order valence-electron chi connectivity index (χ4n) is 2.82. The van der Waals surface area contributed by atoms with Crippen LogP contribution in [-0.4, -0.2) is 18.1 Å². The van der Waals surface area contributed by atoms with Crippen LogP contribution in [0.4, 0.5) is 5.69 Å². The number of para-hydroxylation sites is 1. The molecule has 25 heavy (non-hydrogen) atoms. The third kappa shape index (κ3) is 4.04. The number of benzene rings is 2. The highest BCUT2D eigenvalue weighted by molar-refractivity contribution is 5.87. The maximum absolute atomic E-state index is 4.88. The maximum atomic E-state index is 4.88. The summed E-state index contributed by atoms with van der Waals surface area (Å²) in [6, 6.07) is 20.7. The van der Waals surface area contributed by atoms with Crippen LogP contribution in [0.15, 0.2) is 86.0 Å². The summed E-state index contributed by atoms with van der Waals surface area (Å²) >= 11 is 0. The second kappa shape index (κ2) is 8.11. The van der Waals surface area contributed by atoms with Crippen LogP contribution in [0.1, 0.15) is 11.3 Å². The molecule has 3 rings (SSSR count). The Balaban J connectivity index is 2.09. The molecule has 0 spiro atoms. The van der Waals surface area contributed by atoms with Gasteiger partial charge in [-0.3, -0.25) is 0 Å². The number of pyridine rings is 1. The first-order valence-corrected chi connectivity index (χ1v) is 8.41. The number of anilines is 1. The van der Waals surface area contributed by atoms with E-state index in [0.717, 1.165) is 40.9 Å². The lowest BCUT2D eigenvalue weighted by Gasteiger charge is -2.23. The van der Waals surface area contributed by atoms with E-state index < -0.39 is 0 Å². The zero-order valence-electron chi connectivity index (χ0n) is 14.3. The molecule has 0 radical (unpaired) electrons. The first kappa shape index (κ1) is 16.7. The first-order chi connectivity index (χ1) is 12.3. The number of hydrogen-bond acceptors (Lipinski definition) is 2. The summed E-state index contributed by atoms with van der Waals surface area (Å²) in [6.45, 7) is 9.26. The molecule has 2 nitrogen and oxygen atoms in total. The summed E-state index contributed by atoms with van der Waals surface area (Å²) in [5.41, 5.74) is 4.19. The van der Waals surface area contributed by atoms with E-state index in [4.69, 9.17) is 4.98 Å². The van der Waals surface area contributed by atoms with Gasteiger partial charge in [-0.2, -0.15) is 0 Å². The largest absolute Gasteiger partial charge is 0.362 e. The van der Waals surface area contributed by atoms with Crippen molar-refractivity contribution in [3.63, 3.8) is 0 Å². The van der Waals surface area contributed by atoms with Gasteiger partial charge in [-0.25, -0.2) is 4.98 Å². The Labute approximate surface area is 149 Å². The van der Waals surface area contributed by atoms with E-state index in [1.54, 1.807) is 0 Å². The highest BCUT2D eigenvalue weighted by Crippen LogP contribution is 2.26. The normalized spacial score (nSPS) is 10.9. The molecule has 0 aliphatic heterocycles. The predicted octanol–water partition coefficient (Wildman–Crippen LogP) is 5.58. The highest BCUT2D eigenvalue weighted by Gasteiger charge is 2.10. The molecule has 0 saturated heterocycles. The lowest BCUT2D eigenvalue weighted by atomic mass is 10.1. The van der Waals surface area contributed by atoms with Crippen molar-refractivity contribution in [2.24, 2.45) is 0 Å². The molecule has 0 N–H and O–H groups in total. The van der Waals surface area contributed by atoms with Gasteiger partial charge in [0.05, 0.1) is 16.9 Å². The van der Waals surface area contributed by atoms with Gasteiger partial charge >= 0.3 is 0 Å². The Bertz CT molecular complexity index is 884. The summed E-state index contributed by atoms with van der Waals surface area (Å²) in [7, 11) is 0. The minimum absolute atomic E-state index is 0.748. The van der Waals surface area contributed by atoms with Gasteiger partial charge in [0, 0.05) is 18.5 Å². The lowest BCUT2D eigenvalue weighted by Crippen LogP contribution is -2.24. The molecule has 3 aromatic rings. The molecule has 0 bridgehead atoms. The van der Waals surface area contributed by atoms with E-state index in [1.807, 2.05) is 48.6 Å². The minimum Gasteiger partial charge on any atom is -0.362 e. The number of hydrogen-bond donors (Lipinski definition) is 0. The second-order valence-corrected chi connectivity index (χ2v) is 5.81. The topological polar surface area (TPSA) is 16.1 Å². The van der Waals surface area contributed by atoms with E-state index in [1.165, 1.54) is 0 Å². The van der Waals surface area contributed by atoms with E-state index in [0.29, 0.717) is 0 Å².